The molecule has 2 nitrogen and oxygen atoms in total. The zero-order chi connectivity index (χ0) is 42.4. The minimum atomic E-state index is 1.09. The third-order valence-electron chi connectivity index (χ3n) is 12.7. The normalized spacial score (nSPS) is 11.4. The molecule has 0 aliphatic carbocycles. The van der Waals surface area contributed by atoms with Crippen LogP contribution in [0.2, 0.25) is 0 Å². The summed E-state index contributed by atoms with van der Waals surface area (Å²) in [6.07, 6.45) is 0. The predicted molar refractivity (Wildman–Crippen MR) is 274 cm³/mol. The molecule has 0 radical (unpaired) electrons. The van der Waals surface area contributed by atoms with Crippen molar-refractivity contribution in [2.45, 2.75) is 0 Å². The van der Waals surface area contributed by atoms with Crippen LogP contribution in [0.4, 0.5) is 34.1 Å². The summed E-state index contributed by atoms with van der Waals surface area (Å²) in [6, 6.07) is 93.0. The first-order valence-corrected chi connectivity index (χ1v) is 22.0. The molecule has 0 saturated heterocycles. The molecule has 0 spiro atoms. The number of rotatable bonds is 8. The fraction of sp³-hybridized carbons (Fsp3) is 0. The van der Waals surface area contributed by atoms with Crippen LogP contribution in [0, 0.1) is 0 Å². The van der Waals surface area contributed by atoms with Crippen molar-refractivity contribution in [1.29, 1.82) is 0 Å². The van der Waals surface area contributed by atoms with Crippen LogP contribution in [-0.4, -0.2) is 0 Å². The second-order valence-corrected chi connectivity index (χ2v) is 16.5. The molecule has 0 bridgehead atoms. The summed E-state index contributed by atoms with van der Waals surface area (Å²) in [5.41, 5.74) is 11.4. The summed E-state index contributed by atoms with van der Waals surface area (Å²) < 4.78 is 0. The Bertz CT molecular complexity index is 3630. The standard InChI is InChI=1S/C62H42N2/c1-4-23-49(24-5-1)63(50-25-6-2-7-26-50)53-36-38-58-59(41-53)61(48-32-31-43-17-10-12-20-46(43)39-48)57-37-35-54(42-60(57)62(58)56-30-16-22-45-19-14-15-29-55(45)56)64(51-27-8-3-9-28-51)52-34-33-44-18-11-13-21-47(44)40-52/h1-42H. The van der Waals surface area contributed by atoms with Crippen LogP contribution in [0.3, 0.4) is 0 Å². The summed E-state index contributed by atoms with van der Waals surface area (Å²) in [6.45, 7) is 0. The maximum atomic E-state index is 2.44. The van der Waals surface area contributed by atoms with Gasteiger partial charge >= 0.3 is 0 Å². The van der Waals surface area contributed by atoms with E-state index in [9.17, 15) is 0 Å². The van der Waals surface area contributed by atoms with E-state index < -0.39 is 0 Å². The summed E-state index contributed by atoms with van der Waals surface area (Å²) in [7, 11) is 0. The lowest BCUT2D eigenvalue weighted by atomic mass is 9.84. The van der Waals surface area contributed by atoms with Gasteiger partial charge in [0.2, 0.25) is 0 Å². The van der Waals surface area contributed by atoms with Gasteiger partial charge in [0, 0.05) is 34.1 Å². The number of fused-ring (bicyclic) bond motifs is 5. The molecule has 64 heavy (non-hydrogen) atoms. The van der Waals surface area contributed by atoms with Gasteiger partial charge in [-0.1, -0.05) is 176 Å². The van der Waals surface area contributed by atoms with E-state index in [1.165, 1.54) is 76.1 Å². The van der Waals surface area contributed by atoms with Crippen molar-refractivity contribution in [1.82, 2.24) is 0 Å². The summed E-state index contributed by atoms with van der Waals surface area (Å²) >= 11 is 0. The van der Waals surface area contributed by atoms with Gasteiger partial charge in [0.25, 0.3) is 0 Å². The van der Waals surface area contributed by atoms with Gasteiger partial charge in [-0.05, 0) is 155 Å². The minimum absolute atomic E-state index is 1.09. The number of hydrogen-bond donors (Lipinski definition) is 0. The van der Waals surface area contributed by atoms with Crippen LogP contribution in [-0.2, 0) is 0 Å². The van der Waals surface area contributed by atoms with Crippen molar-refractivity contribution in [3.63, 3.8) is 0 Å². The molecule has 2 heteroatoms. The van der Waals surface area contributed by atoms with E-state index in [4.69, 9.17) is 0 Å². The number of para-hydroxylation sites is 3. The highest BCUT2D eigenvalue weighted by molar-refractivity contribution is 6.25. The highest BCUT2D eigenvalue weighted by Crippen LogP contribution is 2.49. The number of anilines is 6. The van der Waals surface area contributed by atoms with Gasteiger partial charge in [-0.15, -0.1) is 0 Å². The Kier molecular flexibility index (Phi) is 9.20. The largest absolute Gasteiger partial charge is 0.310 e. The van der Waals surface area contributed by atoms with Gasteiger partial charge in [-0.25, -0.2) is 0 Å². The lowest BCUT2D eigenvalue weighted by Crippen LogP contribution is -2.10. The number of hydrogen-bond acceptors (Lipinski definition) is 2. The molecule has 0 aliphatic rings. The Morgan fingerprint density at radius 3 is 1.23 bits per heavy atom. The van der Waals surface area contributed by atoms with E-state index >= 15 is 0 Å². The Morgan fingerprint density at radius 1 is 0.203 bits per heavy atom. The SMILES string of the molecule is c1ccc(N(c2ccccc2)c2ccc3c(-c4cccc5ccccc45)c4cc(N(c5ccccc5)c5ccc6ccccc6c5)ccc4c(-c4ccc5ccccc5c4)c3c2)cc1. The molecule has 0 atom stereocenters. The van der Waals surface area contributed by atoms with Crippen LogP contribution in [0.1, 0.15) is 0 Å². The monoisotopic (exact) mass is 814 g/mol. The Hall–Kier alpha value is -8.46. The van der Waals surface area contributed by atoms with Gasteiger partial charge < -0.3 is 9.80 Å². The van der Waals surface area contributed by atoms with Crippen molar-refractivity contribution in [2.75, 3.05) is 9.80 Å². The van der Waals surface area contributed by atoms with E-state index in [0.717, 1.165) is 34.1 Å². The lowest BCUT2D eigenvalue weighted by molar-refractivity contribution is 1.29. The molecular weight excluding hydrogens is 773 g/mol. The third-order valence-corrected chi connectivity index (χ3v) is 12.7. The molecule has 0 N–H and O–H groups in total. The Labute approximate surface area is 373 Å². The minimum Gasteiger partial charge on any atom is -0.310 e. The van der Waals surface area contributed by atoms with Crippen LogP contribution >= 0.6 is 0 Å². The highest BCUT2D eigenvalue weighted by atomic mass is 15.1. The molecule has 12 aromatic rings. The van der Waals surface area contributed by atoms with E-state index in [1.807, 2.05) is 0 Å². The maximum Gasteiger partial charge on any atom is 0.0468 e. The maximum absolute atomic E-state index is 2.44. The highest BCUT2D eigenvalue weighted by Gasteiger charge is 2.23. The average Bonchev–Trinajstić information content (AvgIpc) is 3.36. The third kappa shape index (κ3) is 6.52. The van der Waals surface area contributed by atoms with Crippen molar-refractivity contribution in [2.24, 2.45) is 0 Å². The average molecular weight is 815 g/mol. The van der Waals surface area contributed by atoms with Gasteiger partial charge in [-0.2, -0.15) is 0 Å². The van der Waals surface area contributed by atoms with Gasteiger partial charge in [-0.3, -0.25) is 0 Å². The van der Waals surface area contributed by atoms with Gasteiger partial charge in [0.05, 0.1) is 0 Å². The zero-order valence-corrected chi connectivity index (χ0v) is 35.1. The van der Waals surface area contributed by atoms with Gasteiger partial charge in [0.1, 0.15) is 0 Å². The molecule has 0 amide bonds. The summed E-state index contributed by atoms with van der Waals surface area (Å²) in [5.74, 6) is 0. The molecule has 0 aliphatic heterocycles. The molecular formula is C62H42N2. The molecule has 0 saturated carbocycles. The van der Waals surface area contributed by atoms with Crippen molar-refractivity contribution in [3.05, 3.63) is 255 Å². The molecule has 12 rings (SSSR count). The van der Waals surface area contributed by atoms with Crippen molar-refractivity contribution in [3.8, 4) is 22.3 Å². The first-order chi connectivity index (χ1) is 31.7. The molecule has 0 aromatic heterocycles. The predicted octanol–water partition coefficient (Wildman–Crippen LogP) is 17.7. The van der Waals surface area contributed by atoms with E-state index in [1.54, 1.807) is 0 Å². The van der Waals surface area contributed by atoms with Crippen LogP contribution in [0.25, 0.3) is 76.1 Å². The van der Waals surface area contributed by atoms with E-state index in [0.29, 0.717) is 0 Å². The molecule has 0 heterocycles. The first kappa shape index (κ1) is 37.3. The summed E-state index contributed by atoms with van der Waals surface area (Å²) in [4.78, 5) is 4.77. The second kappa shape index (κ2) is 15.8. The van der Waals surface area contributed by atoms with E-state index in [-0.39, 0.29) is 0 Å². The topological polar surface area (TPSA) is 6.48 Å². The van der Waals surface area contributed by atoms with Gasteiger partial charge in [0.15, 0.2) is 0 Å². The number of nitrogens with zero attached hydrogens (tertiary/aromatic N) is 2. The van der Waals surface area contributed by atoms with Crippen LogP contribution < -0.4 is 9.80 Å². The second-order valence-electron chi connectivity index (χ2n) is 16.5. The molecule has 0 fully saturated rings. The summed E-state index contributed by atoms with van der Waals surface area (Å²) in [5, 5.41) is 12.1. The number of benzene rings is 12. The van der Waals surface area contributed by atoms with Crippen molar-refractivity contribution < 1.29 is 0 Å². The molecule has 300 valence electrons. The van der Waals surface area contributed by atoms with Crippen LogP contribution in [0.5, 0.6) is 0 Å². The fourth-order valence-corrected chi connectivity index (χ4v) is 9.81. The first-order valence-electron chi connectivity index (χ1n) is 22.0. The Morgan fingerprint density at radius 2 is 0.625 bits per heavy atom. The van der Waals surface area contributed by atoms with Crippen molar-refractivity contribution >= 4 is 88.0 Å². The fourth-order valence-electron chi connectivity index (χ4n) is 9.81. The molecule has 12 aromatic carbocycles. The van der Waals surface area contributed by atoms with Crippen LogP contribution in [0.15, 0.2) is 255 Å². The van der Waals surface area contributed by atoms with E-state index in [2.05, 4.69) is 265 Å². The molecule has 0 unspecified atom stereocenters. The lowest BCUT2D eigenvalue weighted by Gasteiger charge is -2.28. The zero-order valence-electron chi connectivity index (χ0n) is 35.1. The Balaban J connectivity index is 1.21. The quantitative estimate of drug-likeness (QED) is 0.141. The smallest absolute Gasteiger partial charge is 0.0468 e.